The molecule has 2 amide bonds. The summed E-state index contributed by atoms with van der Waals surface area (Å²) in [4.78, 5) is 16.4. The number of carbonyl (C=O) groups is 1. The van der Waals surface area contributed by atoms with Gasteiger partial charge in [-0.25, -0.2) is 14.2 Å². The maximum atomic E-state index is 13.9. The van der Waals surface area contributed by atoms with Crippen LogP contribution in [0, 0.1) is 5.82 Å². The maximum Gasteiger partial charge on any atom is 0.416 e. The Balaban J connectivity index is 1.58. The first-order valence-corrected chi connectivity index (χ1v) is 9.41. The van der Waals surface area contributed by atoms with E-state index in [-0.39, 0.29) is 0 Å². The number of benzene rings is 3. The van der Waals surface area contributed by atoms with Crippen LogP contribution in [0.1, 0.15) is 5.56 Å². The van der Waals surface area contributed by atoms with Gasteiger partial charge in [0, 0.05) is 17.3 Å². The number of urea groups is 1. The highest BCUT2D eigenvalue weighted by Crippen LogP contribution is 2.33. The van der Waals surface area contributed by atoms with E-state index in [1.165, 1.54) is 0 Å². The largest absolute Gasteiger partial charge is 0.416 e. The second-order valence-electron chi connectivity index (χ2n) is 6.95. The van der Waals surface area contributed by atoms with Crippen molar-refractivity contribution in [3.05, 3.63) is 84.3 Å². The molecule has 32 heavy (non-hydrogen) atoms. The van der Waals surface area contributed by atoms with Crippen molar-refractivity contribution in [1.82, 2.24) is 4.98 Å². The normalized spacial score (nSPS) is 11.4. The van der Waals surface area contributed by atoms with Crippen LogP contribution in [0.4, 0.5) is 39.5 Å². The van der Waals surface area contributed by atoms with Crippen LogP contribution in [-0.2, 0) is 6.18 Å². The molecule has 0 atom stereocenters. The number of hydrogen-bond acceptors (Lipinski definition) is 3. The summed E-state index contributed by atoms with van der Waals surface area (Å²) < 4.78 is 52.5. The molecule has 5 nitrogen and oxygen atoms in total. The van der Waals surface area contributed by atoms with Crippen LogP contribution in [0.5, 0.6) is 0 Å². The fourth-order valence-electron chi connectivity index (χ4n) is 3.33. The van der Waals surface area contributed by atoms with Crippen LogP contribution in [0.25, 0.3) is 21.9 Å². The van der Waals surface area contributed by atoms with E-state index in [0.29, 0.717) is 29.7 Å². The third-order valence-corrected chi connectivity index (χ3v) is 4.81. The molecule has 4 rings (SSSR count). The Labute approximate surface area is 179 Å². The zero-order valence-corrected chi connectivity index (χ0v) is 16.4. The molecule has 0 aliphatic heterocycles. The zero-order valence-electron chi connectivity index (χ0n) is 16.4. The molecule has 1 aromatic heterocycles. The first-order chi connectivity index (χ1) is 15.2. The quantitative estimate of drug-likeness (QED) is 0.328. The van der Waals surface area contributed by atoms with E-state index in [0.717, 1.165) is 21.9 Å². The molecular weight excluding hydrogens is 424 g/mol. The van der Waals surface area contributed by atoms with Crippen LogP contribution in [-0.4, -0.2) is 11.0 Å². The number of amides is 2. The first-order valence-electron chi connectivity index (χ1n) is 9.41. The van der Waals surface area contributed by atoms with Gasteiger partial charge in [-0.2, -0.15) is 13.2 Å². The third-order valence-electron chi connectivity index (χ3n) is 4.81. The smallest absolute Gasteiger partial charge is 0.383 e. The van der Waals surface area contributed by atoms with Crippen molar-refractivity contribution in [3.8, 4) is 11.1 Å². The lowest BCUT2D eigenvalue weighted by Gasteiger charge is -2.13. The first kappa shape index (κ1) is 21.1. The fourth-order valence-corrected chi connectivity index (χ4v) is 3.33. The maximum absolute atomic E-state index is 13.9. The van der Waals surface area contributed by atoms with Crippen molar-refractivity contribution in [2.75, 3.05) is 16.4 Å². The van der Waals surface area contributed by atoms with Crippen molar-refractivity contribution >= 4 is 34.0 Å². The molecule has 4 aromatic rings. The molecule has 0 radical (unpaired) electrons. The molecule has 0 aliphatic rings. The van der Waals surface area contributed by atoms with Crippen LogP contribution in [0.15, 0.2) is 72.9 Å². The Morgan fingerprint density at radius 1 is 0.906 bits per heavy atom. The van der Waals surface area contributed by atoms with E-state index < -0.39 is 29.3 Å². The van der Waals surface area contributed by atoms with Crippen molar-refractivity contribution in [3.63, 3.8) is 0 Å². The van der Waals surface area contributed by atoms with Crippen molar-refractivity contribution in [1.29, 1.82) is 0 Å². The molecule has 0 unspecified atom stereocenters. The van der Waals surface area contributed by atoms with Gasteiger partial charge >= 0.3 is 12.2 Å². The van der Waals surface area contributed by atoms with Crippen molar-refractivity contribution in [2.45, 2.75) is 6.18 Å². The second-order valence-corrected chi connectivity index (χ2v) is 6.95. The average molecular weight is 440 g/mol. The Morgan fingerprint density at radius 2 is 1.69 bits per heavy atom. The number of nitrogens with two attached hydrogens (primary N) is 1. The summed E-state index contributed by atoms with van der Waals surface area (Å²) in [7, 11) is 0. The second kappa shape index (κ2) is 8.18. The summed E-state index contributed by atoms with van der Waals surface area (Å²) in [5.74, 6) is -0.593. The number of alkyl halides is 3. The number of pyridine rings is 1. The monoisotopic (exact) mass is 440 g/mol. The van der Waals surface area contributed by atoms with Crippen LogP contribution < -0.4 is 16.4 Å². The Hall–Kier alpha value is -4.14. The van der Waals surface area contributed by atoms with Crippen LogP contribution >= 0.6 is 0 Å². The molecule has 0 bridgehead atoms. The highest BCUT2D eigenvalue weighted by molar-refractivity contribution is 6.03. The SMILES string of the molecule is Nc1nccc2c(-c3cccc(NC(=O)Nc4cc(C(F)(F)F)ccc4F)c3)cccc12. The van der Waals surface area contributed by atoms with Gasteiger partial charge in [-0.05, 0) is 52.9 Å². The molecule has 162 valence electrons. The van der Waals surface area contributed by atoms with Gasteiger partial charge in [0.25, 0.3) is 0 Å². The molecule has 0 saturated heterocycles. The van der Waals surface area contributed by atoms with Crippen LogP contribution in [0.3, 0.4) is 0 Å². The Morgan fingerprint density at radius 3 is 2.47 bits per heavy atom. The Bertz CT molecular complexity index is 1320. The summed E-state index contributed by atoms with van der Waals surface area (Å²) in [5, 5.41) is 6.28. The van der Waals surface area contributed by atoms with E-state index in [1.54, 1.807) is 24.4 Å². The van der Waals surface area contributed by atoms with Gasteiger partial charge in [0.05, 0.1) is 11.3 Å². The number of nitrogen functional groups attached to an aromatic ring is 1. The molecule has 9 heteroatoms. The summed E-state index contributed by atoms with van der Waals surface area (Å²) in [6.45, 7) is 0. The number of nitrogens with zero attached hydrogens (tertiary/aromatic N) is 1. The molecule has 0 aliphatic carbocycles. The van der Waals surface area contributed by atoms with E-state index in [9.17, 15) is 22.4 Å². The van der Waals surface area contributed by atoms with Crippen molar-refractivity contribution < 1.29 is 22.4 Å². The average Bonchev–Trinajstić information content (AvgIpc) is 2.74. The highest BCUT2D eigenvalue weighted by atomic mass is 19.4. The fraction of sp³-hybridized carbons (Fsp3) is 0.0435. The van der Waals surface area contributed by atoms with E-state index in [4.69, 9.17) is 5.73 Å². The molecule has 4 N–H and O–H groups in total. The number of aromatic nitrogens is 1. The lowest BCUT2D eigenvalue weighted by Crippen LogP contribution is -2.20. The number of nitrogens with one attached hydrogen (secondary N) is 2. The summed E-state index contributed by atoms with van der Waals surface area (Å²) >= 11 is 0. The number of hydrogen-bond donors (Lipinski definition) is 3. The number of halogens is 4. The predicted octanol–water partition coefficient (Wildman–Crippen LogP) is 6.29. The van der Waals surface area contributed by atoms with E-state index >= 15 is 0 Å². The number of anilines is 3. The molecule has 1 heterocycles. The number of carbonyl (C=O) groups excluding carboxylic acids is 1. The van der Waals surface area contributed by atoms with Crippen LogP contribution in [0.2, 0.25) is 0 Å². The molecule has 3 aromatic carbocycles. The van der Waals surface area contributed by atoms with Gasteiger partial charge in [0.2, 0.25) is 0 Å². The lowest BCUT2D eigenvalue weighted by atomic mass is 9.99. The standard InChI is InChI=1S/C23H16F4N4O/c24-19-8-7-14(23(25,26)27)12-20(19)31-22(32)30-15-4-1-3-13(11-15)16-5-2-6-18-17(16)9-10-29-21(18)28/h1-12H,(H2,28,29)(H2,30,31,32). The highest BCUT2D eigenvalue weighted by Gasteiger charge is 2.31. The van der Waals surface area contributed by atoms with Crippen molar-refractivity contribution in [2.24, 2.45) is 0 Å². The molecule has 0 fully saturated rings. The number of rotatable bonds is 3. The third kappa shape index (κ3) is 4.31. The molecular formula is C23H16F4N4O. The van der Waals surface area contributed by atoms with Gasteiger partial charge in [-0.15, -0.1) is 0 Å². The van der Waals surface area contributed by atoms with Gasteiger partial charge in [-0.3, -0.25) is 0 Å². The Kier molecular flexibility index (Phi) is 5.40. The summed E-state index contributed by atoms with van der Waals surface area (Å²) in [6.07, 6.45) is -3.06. The molecule has 0 saturated carbocycles. The minimum Gasteiger partial charge on any atom is -0.383 e. The minimum absolute atomic E-state index is 0.367. The lowest BCUT2D eigenvalue weighted by molar-refractivity contribution is -0.137. The summed E-state index contributed by atoms with van der Waals surface area (Å²) in [6, 6.07) is 15.1. The van der Waals surface area contributed by atoms with Gasteiger partial charge in [0.1, 0.15) is 11.6 Å². The topological polar surface area (TPSA) is 80.0 Å². The minimum atomic E-state index is -4.66. The van der Waals surface area contributed by atoms with Gasteiger partial charge in [-0.1, -0.05) is 30.3 Å². The zero-order chi connectivity index (χ0) is 22.9. The predicted molar refractivity (Wildman–Crippen MR) is 116 cm³/mol. The summed E-state index contributed by atoms with van der Waals surface area (Å²) in [5.41, 5.74) is 6.28. The van der Waals surface area contributed by atoms with Gasteiger partial charge < -0.3 is 16.4 Å². The van der Waals surface area contributed by atoms with E-state index in [2.05, 4.69) is 15.6 Å². The molecule has 0 spiro atoms. The van der Waals surface area contributed by atoms with Gasteiger partial charge in [0.15, 0.2) is 0 Å². The van der Waals surface area contributed by atoms with E-state index in [1.807, 2.05) is 30.3 Å². The number of fused-ring (bicyclic) bond motifs is 1.